The Kier molecular flexibility index (Phi) is 5.06. The van der Waals surface area contributed by atoms with Crippen LogP contribution in [0.25, 0.3) is 92.5 Å². The highest BCUT2D eigenvalue weighted by Crippen LogP contribution is 2.44. The standard InChI is InChI=1S/C44H27N/c1-4-16-37-31(11-1)32-12-2-6-18-39(32)44-40-27-29(23-26-34(40)33-13-3-5-17-38(33)43(37)44)28-21-24-30(25-22-28)45-41-19-9-7-14-35(41)36-15-8-10-20-42(36)45/h1-27H. The average Bonchev–Trinajstić information content (AvgIpc) is 3.46. The largest absolute Gasteiger partial charge is 0.309 e. The molecule has 45 heavy (non-hydrogen) atoms. The molecule has 10 aromatic rings. The summed E-state index contributed by atoms with van der Waals surface area (Å²) in [6, 6.07) is 60.2. The van der Waals surface area contributed by atoms with Gasteiger partial charge in [-0.2, -0.15) is 0 Å². The fourth-order valence-electron chi connectivity index (χ4n) is 7.81. The molecule has 0 saturated carbocycles. The van der Waals surface area contributed by atoms with Crippen molar-refractivity contribution in [3.63, 3.8) is 0 Å². The Morgan fingerprint density at radius 3 is 1.16 bits per heavy atom. The Bertz CT molecular complexity index is 2730. The third kappa shape index (κ3) is 3.44. The topological polar surface area (TPSA) is 4.93 Å². The van der Waals surface area contributed by atoms with E-state index in [0.717, 1.165) is 0 Å². The van der Waals surface area contributed by atoms with Crippen molar-refractivity contribution in [3.05, 3.63) is 164 Å². The maximum atomic E-state index is 2.42. The van der Waals surface area contributed by atoms with Gasteiger partial charge in [-0.3, -0.25) is 0 Å². The second-order valence-electron chi connectivity index (χ2n) is 12.1. The van der Waals surface area contributed by atoms with Crippen molar-refractivity contribution in [1.82, 2.24) is 4.57 Å². The molecule has 0 unspecified atom stereocenters. The molecule has 0 aliphatic heterocycles. The highest BCUT2D eigenvalue weighted by atomic mass is 15.0. The summed E-state index contributed by atoms with van der Waals surface area (Å²) in [4.78, 5) is 0. The monoisotopic (exact) mass is 569 g/mol. The van der Waals surface area contributed by atoms with E-state index in [1.54, 1.807) is 0 Å². The fraction of sp³-hybridized carbons (Fsp3) is 0. The first-order valence-electron chi connectivity index (χ1n) is 15.6. The van der Waals surface area contributed by atoms with E-state index in [0.29, 0.717) is 0 Å². The highest BCUT2D eigenvalue weighted by molar-refractivity contribution is 6.39. The molecule has 0 N–H and O–H groups in total. The van der Waals surface area contributed by atoms with E-state index in [1.807, 2.05) is 0 Å². The predicted octanol–water partition coefficient (Wildman–Crippen LogP) is 12.2. The Morgan fingerprint density at radius 2 is 0.644 bits per heavy atom. The summed E-state index contributed by atoms with van der Waals surface area (Å²) in [7, 11) is 0. The van der Waals surface area contributed by atoms with Crippen LogP contribution in [-0.2, 0) is 0 Å². The van der Waals surface area contributed by atoms with Crippen LogP contribution in [-0.4, -0.2) is 4.57 Å². The van der Waals surface area contributed by atoms with E-state index in [9.17, 15) is 0 Å². The third-order valence-corrected chi connectivity index (χ3v) is 9.75. The Labute approximate surface area is 260 Å². The molecule has 0 atom stereocenters. The van der Waals surface area contributed by atoms with Crippen LogP contribution >= 0.6 is 0 Å². The SMILES string of the molecule is c1ccc2c(c1)c1ccccc1c1c3cc(-c4ccc(-n5c6ccccc6c6ccccc65)cc4)ccc3c3ccccc3c21. The predicted molar refractivity (Wildman–Crippen MR) is 194 cm³/mol. The van der Waals surface area contributed by atoms with Crippen LogP contribution in [0.15, 0.2) is 164 Å². The molecule has 208 valence electrons. The summed E-state index contributed by atoms with van der Waals surface area (Å²) in [6.07, 6.45) is 0. The van der Waals surface area contributed by atoms with Crippen molar-refractivity contribution >= 4 is 75.7 Å². The number of nitrogens with zero attached hydrogens (tertiary/aromatic N) is 1. The van der Waals surface area contributed by atoms with Gasteiger partial charge < -0.3 is 4.57 Å². The number of benzene rings is 9. The zero-order chi connectivity index (χ0) is 29.5. The molecule has 9 aromatic carbocycles. The minimum atomic E-state index is 1.17. The van der Waals surface area contributed by atoms with Crippen molar-refractivity contribution in [3.8, 4) is 16.8 Å². The molecular formula is C44H27N. The molecule has 0 aliphatic carbocycles. The first kappa shape index (κ1) is 24.5. The molecule has 10 rings (SSSR count). The maximum absolute atomic E-state index is 2.42. The van der Waals surface area contributed by atoms with Crippen molar-refractivity contribution < 1.29 is 0 Å². The van der Waals surface area contributed by atoms with Gasteiger partial charge in [0.25, 0.3) is 0 Å². The average molecular weight is 570 g/mol. The second kappa shape index (κ2) is 9.29. The first-order chi connectivity index (χ1) is 22.3. The zero-order valence-electron chi connectivity index (χ0n) is 24.5. The van der Waals surface area contributed by atoms with E-state index in [-0.39, 0.29) is 0 Å². The number of para-hydroxylation sites is 2. The molecule has 1 heteroatoms. The molecule has 0 amide bonds. The number of hydrogen-bond donors (Lipinski definition) is 0. The number of rotatable bonds is 2. The van der Waals surface area contributed by atoms with E-state index in [4.69, 9.17) is 0 Å². The zero-order valence-corrected chi connectivity index (χ0v) is 24.5. The molecule has 0 aliphatic rings. The first-order valence-corrected chi connectivity index (χ1v) is 15.6. The number of aromatic nitrogens is 1. The summed E-state index contributed by atoms with van der Waals surface area (Å²) in [5.74, 6) is 0. The third-order valence-electron chi connectivity index (χ3n) is 9.75. The van der Waals surface area contributed by atoms with Crippen LogP contribution < -0.4 is 0 Å². The van der Waals surface area contributed by atoms with Crippen LogP contribution in [0.4, 0.5) is 0 Å². The second-order valence-corrected chi connectivity index (χ2v) is 12.1. The molecular weight excluding hydrogens is 542 g/mol. The van der Waals surface area contributed by atoms with Gasteiger partial charge in [-0.1, -0.05) is 133 Å². The molecule has 0 spiro atoms. The van der Waals surface area contributed by atoms with E-state index in [1.165, 1.54) is 92.5 Å². The van der Waals surface area contributed by atoms with E-state index in [2.05, 4.69) is 168 Å². The van der Waals surface area contributed by atoms with E-state index < -0.39 is 0 Å². The van der Waals surface area contributed by atoms with Crippen molar-refractivity contribution in [2.24, 2.45) is 0 Å². The van der Waals surface area contributed by atoms with Gasteiger partial charge >= 0.3 is 0 Å². The van der Waals surface area contributed by atoms with Crippen molar-refractivity contribution in [2.75, 3.05) is 0 Å². The Balaban J connectivity index is 1.24. The molecule has 1 nitrogen and oxygen atoms in total. The lowest BCUT2D eigenvalue weighted by molar-refractivity contribution is 1.18. The van der Waals surface area contributed by atoms with Gasteiger partial charge in [-0.05, 0) is 95.3 Å². The smallest absolute Gasteiger partial charge is 0.0541 e. The molecule has 1 heterocycles. The van der Waals surface area contributed by atoms with Gasteiger partial charge in [0.05, 0.1) is 11.0 Å². The lowest BCUT2D eigenvalue weighted by Crippen LogP contribution is -1.93. The van der Waals surface area contributed by atoms with Gasteiger partial charge in [-0.15, -0.1) is 0 Å². The normalized spacial score (nSPS) is 12.0. The summed E-state index contributed by atoms with van der Waals surface area (Å²) >= 11 is 0. The highest BCUT2D eigenvalue weighted by Gasteiger charge is 2.17. The lowest BCUT2D eigenvalue weighted by Gasteiger charge is -2.17. The molecule has 1 aromatic heterocycles. The Hall–Kier alpha value is -5.92. The van der Waals surface area contributed by atoms with Crippen LogP contribution in [0.3, 0.4) is 0 Å². The summed E-state index contributed by atoms with van der Waals surface area (Å²) < 4.78 is 2.38. The minimum Gasteiger partial charge on any atom is -0.309 e. The maximum Gasteiger partial charge on any atom is 0.0541 e. The van der Waals surface area contributed by atoms with Crippen LogP contribution in [0.1, 0.15) is 0 Å². The van der Waals surface area contributed by atoms with Gasteiger partial charge in [0.2, 0.25) is 0 Å². The summed E-state index contributed by atoms with van der Waals surface area (Å²) in [5.41, 5.74) is 6.08. The lowest BCUT2D eigenvalue weighted by atomic mass is 9.86. The van der Waals surface area contributed by atoms with Gasteiger partial charge in [-0.25, -0.2) is 0 Å². The van der Waals surface area contributed by atoms with Gasteiger partial charge in [0, 0.05) is 16.5 Å². The number of fused-ring (bicyclic) bond motifs is 14. The van der Waals surface area contributed by atoms with Crippen LogP contribution in [0, 0.1) is 0 Å². The van der Waals surface area contributed by atoms with Crippen molar-refractivity contribution in [1.29, 1.82) is 0 Å². The summed E-state index contributed by atoms with van der Waals surface area (Å²) in [5, 5.41) is 15.7. The molecule has 0 fully saturated rings. The van der Waals surface area contributed by atoms with E-state index >= 15 is 0 Å². The molecule has 0 saturated heterocycles. The van der Waals surface area contributed by atoms with Crippen LogP contribution in [0.5, 0.6) is 0 Å². The number of hydrogen-bond acceptors (Lipinski definition) is 0. The quantitative estimate of drug-likeness (QED) is 0.183. The Morgan fingerprint density at radius 1 is 0.267 bits per heavy atom. The fourth-order valence-corrected chi connectivity index (χ4v) is 7.81. The summed E-state index contributed by atoms with van der Waals surface area (Å²) in [6.45, 7) is 0. The van der Waals surface area contributed by atoms with Gasteiger partial charge in [0.15, 0.2) is 0 Å². The van der Waals surface area contributed by atoms with Gasteiger partial charge in [0.1, 0.15) is 0 Å². The van der Waals surface area contributed by atoms with Crippen molar-refractivity contribution in [2.45, 2.75) is 0 Å². The van der Waals surface area contributed by atoms with Crippen LogP contribution in [0.2, 0.25) is 0 Å². The molecule has 0 radical (unpaired) electrons. The molecule has 0 bridgehead atoms. The minimum absolute atomic E-state index is 1.17.